The highest BCUT2D eigenvalue weighted by Gasteiger charge is 2.00. The van der Waals surface area contributed by atoms with Gasteiger partial charge >= 0.3 is 0 Å². The topological polar surface area (TPSA) is 50.8 Å². The van der Waals surface area contributed by atoms with Crippen molar-refractivity contribution in [3.8, 4) is 0 Å². The van der Waals surface area contributed by atoms with E-state index >= 15 is 0 Å². The van der Waals surface area contributed by atoms with E-state index in [0.29, 0.717) is 25.7 Å². The van der Waals surface area contributed by atoms with Crippen molar-refractivity contribution in [2.24, 2.45) is 10.7 Å². The highest BCUT2D eigenvalue weighted by Crippen LogP contribution is 2.00. The van der Waals surface area contributed by atoms with E-state index in [2.05, 4.69) is 18.8 Å². The molecule has 0 spiro atoms. The van der Waals surface area contributed by atoms with Crippen molar-refractivity contribution in [3.05, 3.63) is 35.9 Å². The molecule has 0 fully saturated rings. The minimum atomic E-state index is 0. The zero-order chi connectivity index (χ0) is 13.2. The van der Waals surface area contributed by atoms with E-state index in [0.717, 1.165) is 13.1 Å². The molecule has 19 heavy (non-hydrogen) atoms. The predicted octanol–water partition coefficient (Wildman–Crippen LogP) is 2.48. The van der Waals surface area contributed by atoms with Gasteiger partial charge in [0, 0.05) is 13.1 Å². The van der Waals surface area contributed by atoms with Gasteiger partial charge in [0.05, 0.1) is 19.8 Å². The molecule has 0 atom stereocenters. The molecule has 0 bridgehead atoms. The van der Waals surface area contributed by atoms with Crippen molar-refractivity contribution < 1.29 is 4.74 Å². The van der Waals surface area contributed by atoms with Crippen LogP contribution in [0.4, 0.5) is 0 Å². The van der Waals surface area contributed by atoms with Crippen molar-refractivity contribution >= 4 is 29.9 Å². The van der Waals surface area contributed by atoms with Crippen LogP contribution in [-0.2, 0) is 11.3 Å². The Kier molecular flexibility index (Phi) is 10.6. The Morgan fingerprint density at radius 3 is 2.42 bits per heavy atom. The van der Waals surface area contributed by atoms with Crippen molar-refractivity contribution in [3.63, 3.8) is 0 Å². The maximum atomic E-state index is 5.85. The molecule has 1 aromatic rings. The molecule has 0 radical (unpaired) electrons. The highest BCUT2D eigenvalue weighted by atomic mass is 127. The fourth-order valence-electron chi connectivity index (χ4n) is 1.64. The molecule has 108 valence electrons. The summed E-state index contributed by atoms with van der Waals surface area (Å²) in [5, 5.41) is 0. The molecule has 4 nitrogen and oxygen atoms in total. The van der Waals surface area contributed by atoms with E-state index in [9.17, 15) is 0 Å². The van der Waals surface area contributed by atoms with Gasteiger partial charge in [0.25, 0.3) is 0 Å². The number of hydrogen-bond acceptors (Lipinski definition) is 2. The van der Waals surface area contributed by atoms with Crippen LogP contribution in [-0.4, -0.2) is 37.1 Å². The van der Waals surface area contributed by atoms with Gasteiger partial charge in [0.2, 0.25) is 0 Å². The maximum Gasteiger partial charge on any atom is 0.191 e. The molecular formula is C14H24IN3O. The first-order chi connectivity index (χ1) is 8.77. The van der Waals surface area contributed by atoms with Crippen LogP contribution in [0.15, 0.2) is 35.3 Å². The largest absolute Gasteiger partial charge is 0.375 e. The lowest BCUT2D eigenvalue weighted by Gasteiger charge is -2.19. The first kappa shape index (κ1) is 18.2. The van der Waals surface area contributed by atoms with E-state index in [1.165, 1.54) is 5.56 Å². The summed E-state index contributed by atoms with van der Waals surface area (Å²) >= 11 is 0. The lowest BCUT2D eigenvalue weighted by atomic mass is 10.2. The molecule has 0 saturated heterocycles. The number of ether oxygens (including phenoxy) is 1. The minimum Gasteiger partial charge on any atom is -0.375 e. The molecule has 0 unspecified atom stereocenters. The van der Waals surface area contributed by atoms with Gasteiger partial charge in [0.1, 0.15) is 0 Å². The van der Waals surface area contributed by atoms with Crippen LogP contribution in [0.1, 0.15) is 19.4 Å². The summed E-state index contributed by atoms with van der Waals surface area (Å²) in [6.45, 7) is 7.73. The Hall–Kier alpha value is -0.820. The first-order valence-electron chi connectivity index (χ1n) is 6.44. The number of guanidine groups is 1. The molecule has 0 aliphatic heterocycles. The number of rotatable bonds is 7. The second-order valence-corrected chi connectivity index (χ2v) is 3.95. The molecule has 0 amide bonds. The second-order valence-electron chi connectivity index (χ2n) is 3.95. The van der Waals surface area contributed by atoms with E-state index in [-0.39, 0.29) is 24.0 Å². The number of nitrogens with zero attached hydrogens (tertiary/aromatic N) is 2. The molecule has 1 rings (SSSR count). The summed E-state index contributed by atoms with van der Waals surface area (Å²) in [5.74, 6) is 0.600. The SMILES string of the molecule is CCN(CC)C(N)=NCCOCc1ccccc1.I. The maximum absolute atomic E-state index is 5.85. The van der Waals surface area contributed by atoms with Gasteiger partial charge in [-0.05, 0) is 19.4 Å². The summed E-state index contributed by atoms with van der Waals surface area (Å²) < 4.78 is 5.54. The minimum absolute atomic E-state index is 0. The monoisotopic (exact) mass is 377 g/mol. The van der Waals surface area contributed by atoms with Crippen LogP contribution in [0.2, 0.25) is 0 Å². The quantitative estimate of drug-likeness (QED) is 0.344. The summed E-state index contributed by atoms with van der Waals surface area (Å²) in [7, 11) is 0. The average Bonchev–Trinajstić information content (AvgIpc) is 2.41. The van der Waals surface area contributed by atoms with Crippen LogP contribution in [0.3, 0.4) is 0 Å². The molecule has 5 heteroatoms. The van der Waals surface area contributed by atoms with E-state index in [1.54, 1.807) is 0 Å². The highest BCUT2D eigenvalue weighted by molar-refractivity contribution is 14.0. The van der Waals surface area contributed by atoms with E-state index in [4.69, 9.17) is 10.5 Å². The second kappa shape index (κ2) is 11.0. The third-order valence-electron chi connectivity index (χ3n) is 2.71. The van der Waals surface area contributed by atoms with Gasteiger partial charge in [-0.3, -0.25) is 4.99 Å². The Morgan fingerprint density at radius 2 is 1.84 bits per heavy atom. The van der Waals surface area contributed by atoms with Gasteiger partial charge in [-0.15, -0.1) is 24.0 Å². The lowest BCUT2D eigenvalue weighted by molar-refractivity contribution is 0.128. The van der Waals surface area contributed by atoms with E-state index < -0.39 is 0 Å². The lowest BCUT2D eigenvalue weighted by Crippen LogP contribution is -2.37. The summed E-state index contributed by atoms with van der Waals surface area (Å²) in [6, 6.07) is 10.1. The van der Waals surface area contributed by atoms with E-state index in [1.807, 2.05) is 35.2 Å². The molecule has 0 aliphatic carbocycles. The molecule has 0 saturated carbocycles. The molecule has 0 aliphatic rings. The fraction of sp³-hybridized carbons (Fsp3) is 0.500. The third kappa shape index (κ3) is 7.37. The van der Waals surface area contributed by atoms with Gasteiger partial charge in [0.15, 0.2) is 5.96 Å². The van der Waals surface area contributed by atoms with Crippen molar-refractivity contribution in [1.82, 2.24) is 4.90 Å². The van der Waals surface area contributed by atoms with Gasteiger partial charge in [-0.1, -0.05) is 30.3 Å². The van der Waals surface area contributed by atoms with Crippen molar-refractivity contribution in [1.29, 1.82) is 0 Å². The number of benzene rings is 1. The Balaban J connectivity index is 0.00000324. The summed E-state index contributed by atoms with van der Waals surface area (Å²) in [5.41, 5.74) is 7.03. The Morgan fingerprint density at radius 1 is 1.21 bits per heavy atom. The van der Waals surface area contributed by atoms with Crippen molar-refractivity contribution in [2.75, 3.05) is 26.2 Å². The van der Waals surface area contributed by atoms with Crippen LogP contribution >= 0.6 is 24.0 Å². The third-order valence-corrected chi connectivity index (χ3v) is 2.71. The normalized spacial score (nSPS) is 10.9. The zero-order valence-electron chi connectivity index (χ0n) is 11.7. The first-order valence-corrected chi connectivity index (χ1v) is 6.44. The fourth-order valence-corrected chi connectivity index (χ4v) is 1.64. The van der Waals surface area contributed by atoms with Crippen LogP contribution in [0.5, 0.6) is 0 Å². The zero-order valence-corrected chi connectivity index (χ0v) is 14.0. The van der Waals surface area contributed by atoms with Gasteiger partial charge in [-0.2, -0.15) is 0 Å². The summed E-state index contributed by atoms with van der Waals surface area (Å²) in [4.78, 5) is 6.32. The number of halogens is 1. The molecular weight excluding hydrogens is 353 g/mol. The predicted molar refractivity (Wildman–Crippen MR) is 90.9 cm³/mol. The Bertz CT molecular complexity index is 353. The molecule has 1 aromatic carbocycles. The van der Waals surface area contributed by atoms with Gasteiger partial charge < -0.3 is 15.4 Å². The average molecular weight is 377 g/mol. The van der Waals surface area contributed by atoms with Crippen molar-refractivity contribution in [2.45, 2.75) is 20.5 Å². The van der Waals surface area contributed by atoms with Crippen LogP contribution in [0.25, 0.3) is 0 Å². The number of nitrogens with two attached hydrogens (primary N) is 1. The Labute approximate surface area is 133 Å². The summed E-state index contributed by atoms with van der Waals surface area (Å²) in [6.07, 6.45) is 0. The number of hydrogen-bond donors (Lipinski definition) is 1. The number of aliphatic imine (C=N–C) groups is 1. The molecule has 0 heterocycles. The smallest absolute Gasteiger partial charge is 0.191 e. The van der Waals surface area contributed by atoms with Gasteiger partial charge in [-0.25, -0.2) is 0 Å². The van der Waals surface area contributed by atoms with Crippen LogP contribution in [0, 0.1) is 0 Å². The standard InChI is InChI=1S/C14H23N3O.HI/c1-3-17(4-2)14(15)16-10-11-18-12-13-8-6-5-7-9-13;/h5-9H,3-4,10-12H2,1-2H3,(H2,15,16);1H. The molecule has 2 N–H and O–H groups in total. The molecule has 0 aromatic heterocycles. The van der Waals surface area contributed by atoms with Crippen LogP contribution < -0.4 is 5.73 Å².